The lowest BCUT2D eigenvalue weighted by Crippen LogP contribution is -2.45. The van der Waals surface area contributed by atoms with Crippen molar-refractivity contribution in [1.82, 2.24) is 5.32 Å². The van der Waals surface area contributed by atoms with Gasteiger partial charge < -0.3 is 15.5 Å². The van der Waals surface area contributed by atoms with Crippen LogP contribution in [0.15, 0.2) is 48.6 Å². The van der Waals surface area contributed by atoms with Gasteiger partial charge in [0.05, 0.1) is 18.8 Å². The van der Waals surface area contributed by atoms with Crippen LogP contribution in [-0.2, 0) is 4.79 Å². The fourth-order valence-electron chi connectivity index (χ4n) is 7.43. The third-order valence-electron chi connectivity index (χ3n) is 11.3. The van der Waals surface area contributed by atoms with E-state index in [1.807, 2.05) is 6.08 Å². The highest BCUT2D eigenvalue weighted by molar-refractivity contribution is 5.76. The minimum atomic E-state index is -0.868. The summed E-state index contributed by atoms with van der Waals surface area (Å²) in [5, 5.41) is 22.9. The first-order valence-corrected chi connectivity index (χ1v) is 24.9. The molecule has 4 nitrogen and oxygen atoms in total. The van der Waals surface area contributed by atoms with Crippen molar-refractivity contribution in [1.29, 1.82) is 0 Å². The van der Waals surface area contributed by atoms with Crippen LogP contribution in [0.25, 0.3) is 0 Å². The molecule has 0 heterocycles. The quantitative estimate of drug-likeness (QED) is 0.0425. The fourth-order valence-corrected chi connectivity index (χ4v) is 7.43. The summed E-state index contributed by atoms with van der Waals surface area (Å²) in [4.78, 5) is 12.4. The molecular formula is C52H97NO3. The number of carbonyl (C=O) groups is 1. The highest BCUT2D eigenvalue weighted by Crippen LogP contribution is 2.16. The Bertz CT molecular complexity index is 893. The zero-order valence-electron chi connectivity index (χ0n) is 37.7. The molecule has 0 fully saturated rings. The standard InChI is InChI=1S/C52H97NO3/c1-3-5-7-9-11-13-15-17-18-19-20-21-22-23-24-25-26-27-28-29-30-31-32-33-34-35-36-38-40-42-44-46-48-52(56)53-50(49-54)51(55)47-45-43-41-39-37-16-14-12-10-8-6-4-2/h10,12,23-24,37,39,45,47,50-51,54-55H,3-9,11,13-22,25-36,38,40-44,46,48-49H2,1-2H3,(H,53,56)/b12-10+,24-23-,39-37+,47-45+. The third kappa shape index (κ3) is 43.5. The lowest BCUT2D eigenvalue weighted by atomic mass is 10.0. The van der Waals surface area contributed by atoms with E-state index in [4.69, 9.17) is 0 Å². The fraction of sp³-hybridized carbons (Fsp3) is 0.827. The molecule has 2 unspecified atom stereocenters. The second kappa shape index (κ2) is 47.7. The Labute approximate surface area is 350 Å². The van der Waals surface area contributed by atoms with Crippen LogP contribution in [-0.4, -0.2) is 34.9 Å². The van der Waals surface area contributed by atoms with Crippen LogP contribution >= 0.6 is 0 Å². The summed E-state index contributed by atoms with van der Waals surface area (Å²) in [6.07, 6.45) is 65.5. The molecule has 1 amide bonds. The summed E-state index contributed by atoms with van der Waals surface area (Å²) in [6.45, 7) is 4.25. The topological polar surface area (TPSA) is 69.6 Å². The monoisotopic (exact) mass is 784 g/mol. The summed E-state index contributed by atoms with van der Waals surface area (Å²) in [6, 6.07) is -0.644. The molecule has 56 heavy (non-hydrogen) atoms. The number of amides is 1. The lowest BCUT2D eigenvalue weighted by Gasteiger charge is -2.19. The van der Waals surface area contributed by atoms with Crippen molar-refractivity contribution in [3.63, 3.8) is 0 Å². The van der Waals surface area contributed by atoms with Crippen molar-refractivity contribution >= 4 is 5.91 Å². The Hall–Kier alpha value is -1.65. The van der Waals surface area contributed by atoms with Crippen LogP contribution in [0.2, 0.25) is 0 Å². The van der Waals surface area contributed by atoms with Crippen LogP contribution in [0.4, 0.5) is 0 Å². The molecule has 328 valence electrons. The van der Waals surface area contributed by atoms with Crippen LogP contribution in [0.5, 0.6) is 0 Å². The third-order valence-corrected chi connectivity index (χ3v) is 11.3. The molecule has 0 saturated heterocycles. The van der Waals surface area contributed by atoms with Crippen molar-refractivity contribution in [2.75, 3.05) is 6.61 Å². The average Bonchev–Trinajstić information content (AvgIpc) is 3.20. The zero-order chi connectivity index (χ0) is 40.7. The Morgan fingerprint density at radius 2 is 0.714 bits per heavy atom. The maximum Gasteiger partial charge on any atom is 0.220 e. The van der Waals surface area contributed by atoms with E-state index in [-0.39, 0.29) is 12.5 Å². The van der Waals surface area contributed by atoms with Crippen molar-refractivity contribution in [2.45, 2.75) is 270 Å². The van der Waals surface area contributed by atoms with Gasteiger partial charge in [0.1, 0.15) is 0 Å². The van der Waals surface area contributed by atoms with Gasteiger partial charge in [-0.25, -0.2) is 0 Å². The maximum absolute atomic E-state index is 12.4. The molecule has 4 heteroatoms. The summed E-state index contributed by atoms with van der Waals surface area (Å²) in [5.41, 5.74) is 0. The van der Waals surface area contributed by atoms with E-state index in [9.17, 15) is 15.0 Å². The number of carbonyl (C=O) groups excluding carboxylic acids is 1. The molecule has 0 aliphatic carbocycles. The predicted molar refractivity (Wildman–Crippen MR) is 248 cm³/mol. The van der Waals surface area contributed by atoms with Crippen molar-refractivity contribution in [2.24, 2.45) is 0 Å². The molecule has 0 rings (SSSR count). The minimum absolute atomic E-state index is 0.0776. The SMILES string of the molecule is CCCC/C=C/CC/C=C/CC/C=C/C(O)C(CO)NC(=O)CCCCCCCCCCCCCCCCCC/C=C\CCCCCCCCCCCCCC. The van der Waals surface area contributed by atoms with Gasteiger partial charge >= 0.3 is 0 Å². The normalized spacial score (nSPS) is 13.3. The van der Waals surface area contributed by atoms with Crippen LogP contribution in [0.3, 0.4) is 0 Å². The second-order valence-electron chi connectivity index (χ2n) is 16.9. The molecule has 0 saturated carbocycles. The number of rotatable bonds is 45. The van der Waals surface area contributed by atoms with Gasteiger partial charge in [-0.15, -0.1) is 0 Å². The van der Waals surface area contributed by atoms with Gasteiger partial charge in [-0.2, -0.15) is 0 Å². The summed E-state index contributed by atoms with van der Waals surface area (Å²) >= 11 is 0. The van der Waals surface area contributed by atoms with E-state index in [2.05, 4.69) is 55.6 Å². The van der Waals surface area contributed by atoms with E-state index in [0.717, 1.165) is 38.5 Å². The number of allylic oxidation sites excluding steroid dienone is 7. The highest BCUT2D eigenvalue weighted by Gasteiger charge is 2.17. The molecule has 0 bridgehead atoms. The van der Waals surface area contributed by atoms with E-state index >= 15 is 0 Å². The smallest absolute Gasteiger partial charge is 0.220 e. The molecule has 0 aromatic rings. The van der Waals surface area contributed by atoms with Gasteiger partial charge in [0, 0.05) is 6.42 Å². The van der Waals surface area contributed by atoms with E-state index in [0.29, 0.717) is 6.42 Å². The molecular weight excluding hydrogens is 687 g/mol. The van der Waals surface area contributed by atoms with Crippen molar-refractivity contribution in [3.8, 4) is 0 Å². The number of unbranched alkanes of at least 4 members (excludes halogenated alkanes) is 32. The molecule has 3 N–H and O–H groups in total. The van der Waals surface area contributed by atoms with E-state index in [1.165, 1.54) is 199 Å². The van der Waals surface area contributed by atoms with Gasteiger partial charge in [0.25, 0.3) is 0 Å². The average molecular weight is 784 g/mol. The van der Waals surface area contributed by atoms with Crippen LogP contribution in [0, 0.1) is 0 Å². The largest absolute Gasteiger partial charge is 0.394 e. The van der Waals surface area contributed by atoms with Gasteiger partial charge in [0.2, 0.25) is 5.91 Å². The number of nitrogens with one attached hydrogen (secondary N) is 1. The van der Waals surface area contributed by atoms with Gasteiger partial charge in [-0.3, -0.25) is 4.79 Å². The molecule has 0 aromatic carbocycles. The van der Waals surface area contributed by atoms with Gasteiger partial charge in [0.15, 0.2) is 0 Å². The minimum Gasteiger partial charge on any atom is -0.394 e. The second-order valence-corrected chi connectivity index (χ2v) is 16.9. The number of aliphatic hydroxyl groups excluding tert-OH is 2. The first kappa shape index (κ1) is 54.3. The maximum atomic E-state index is 12.4. The Kier molecular flexibility index (Phi) is 46.3. The Morgan fingerprint density at radius 3 is 1.09 bits per heavy atom. The highest BCUT2D eigenvalue weighted by atomic mass is 16.3. The first-order valence-electron chi connectivity index (χ1n) is 24.9. The van der Waals surface area contributed by atoms with Crippen molar-refractivity contribution in [3.05, 3.63) is 48.6 Å². The molecule has 2 atom stereocenters. The molecule has 0 aromatic heterocycles. The molecule has 0 radical (unpaired) electrons. The van der Waals surface area contributed by atoms with Crippen LogP contribution < -0.4 is 5.32 Å². The summed E-state index contributed by atoms with van der Waals surface area (Å²) in [5.74, 6) is -0.0776. The number of aliphatic hydroxyl groups is 2. The van der Waals surface area contributed by atoms with Crippen LogP contribution in [0.1, 0.15) is 258 Å². The molecule has 0 aliphatic rings. The van der Waals surface area contributed by atoms with Gasteiger partial charge in [-0.05, 0) is 64.2 Å². The number of hydrogen-bond donors (Lipinski definition) is 3. The van der Waals surface area contributed by atoms with E-state index in [1.54, 1.807) is 6.08 Å². The Morgan fingerprint density at radius 1 is 0.411 bits per heavy atom. The lowest BCUT2D eigenvalue weighted by molar-refractivity contribution is -0.123. The Balaban J connectivity index is 3.45. The van der Waals surface area contributed by atoms with Gasteiger partial charge in [-0.1, -0.05) is 236 Å². The molecule has 0 spiro atoms. The molecule has 0 aliphatic heterocycles. The first-order chi connectivity index (χ1) is 27.7. The summed E-state index contributed by atoms with van der Waals surface area (Å²) < 4.78 is 0. The predicted octanol–water partition coefficient (Wildman–Crippen LogP) is 15.9. The zero-order valence-corrected chi connectivity index (χ0v) is 37.7. The number of hydrogen-bond acceptors (Lipinski definition) is 3. The van der Waals surface area contributed by atoms with Crippen molar-refractivity contribution < 1.29 is 15.0 Å². The van der Waals surface area contributed by atoms with E-state index < -0.39 is 12.1 Å². The summed E-state index contributed by atoms with van der Waals surface area (Å²) in [7, 11) is 0.